The van der Waals surface area contributed by atoms with Gasteiger partial charge < -0.3 is 30.5 Å². The van der Waals surface area contributed by atoms with E-state index in [0.29, 0.717) is 28.1 Å². The van der Waals surface area contributed by atoms with Gasteiger partial charge in [0.05, 0.1) is 18.2 Å². The molecule has 0 saturated carbocycles. The van der Waals surface area contributed by atoms with E-state index in [9.17, 15) is 32.7 Å². The van der Waals surface area contributed by atoms with Crippen LogP contribution in [0, 0.1) is 6.92 Å². The van der Waals surface area contributed by atoms with Crippen LogP contribution in [0.5, 0.6) is 11.5 Å². The molecule has 1 atom stereocenters. The number of anilines is 1. The minimum absolute atomic E-state index is 0.0305. The summed E-state index contributed by atoms with van der Waals surface area (Å²) in [5.74, 6) is -1.61. The number of hydrogen-bond donors (Lipinski definition) is 3. The highest BCUT2D eigenvalue weighted by molar-refractivity contribution is 7.16. The largest absolute Gasteiger partial charge is 0.573 e. The summed E-state index contributed by atoms with van der Waals surface area (Å²) in [5, 5.41) is 12.6. The molecule has 5 aromatic rings. The molecule has 0 aliphatic heterocycles. The maximum Gasteiger partial charge on any atom is 0.573 e. The minimum atomic E-state index is -4.82. The van der Waals surface area contributed by atoms with Crippen LogP contribution in [0.25, 0.3) is 4.96 Å². The molecule has 0 radical (unpaired) electrons. The number of nitrogens with zero attached hydrogens (tertiary/aromatic N) is 3. The summed E-state index contributed by atoms with van der Waals surface area (Å²) in [5.41, 5.74) is 8.46. The van der Waals surface area contributed by atoms with E-state index in [1.807, 2.05) is 28.3 Å². The monoisotopic (exact) mass is 710 g/mol. The molecule has 15 heteroatoms. The molecule has 50 heavy (non-hydrogen) atoms. The third-order valence-electron chi connectivity index (χ3n) is 7.54. The molecule has 0 unspecified atom stereocenters. The average molecular weight is 711 g/mol. The van der Waals surface area contributed by atoms with E-state index >= 15 is 0 Å². The number of halogens is 3. The van der Waals surface area contributed by atoms with Crippen LogP contribution in [-0.4, -0.2) is 51.0 Å². The molecule has 0 bridgehead atoms. The van der Waals surface area contributed by atoms with E-state index < -0.39 is 30.3 Å². The average Bonchev–Trinajstić information content (AvgIpc) is 3.55. The number of aromatic hydroxyl groups is 1. The molecule has 4 N–H and O–H groups in total. The van der Waals surface area contributed by atoms with Crippen molar-refractivity contribution in [2.75, 3.05) is 5.32 Å². The number of phenolic OH excluding ortho intramolecular Hbond substituents is 1. The second-order valence-corrected chi connectivity index (χ2v) is 13.0. The Labute approximate surface area is 289 Å². The second-order valence-electron chi connectivity index (χ2n) is 11.8. The van der Waals surface area contributed by atoms with E-state index in [1.165, 1.54) is 76.9 Å². The minimum Gasteiger partial charge on any atom is -0.508 e. The van der Waals surface area contributed by atoms with Gasteiger partial charge in [0.2, 0.25) is 5.91 Å². The predicted molar refractivity (Wildman–Crippen MR) is 179 cm³/mol. The van der Waals surface area contributed by atoms with Crippen molar-refractivity contribution < 1.29 is 46.5 Å². The molecule has 2 aromatic heterocycles. The number of imidazole rings is 1. The lowest BCUT2D eigenvalue weighted by Gasteiger charge is -2.29. The van der Waals surface area contributed by atoms with E-state index in [4.69, 9.17) is 10.5 Å². The fraction of sp³-hybridized carbons (Fsp3) is 0.257. The first-order valence-corrected chi connectivity index (χ1v) is 16.3. The van der Waals surface area contributed by atoms with Gasteiger partial charge in [0.15, 0.2) is 5.69 Å². The Kier molecular flexibility index (Phi) is 10.7. The van der Waals surface area contributed by atoms with Crippen molar-refractivity contribution in [2.24, 2.45) is 5.73 Å². The van der Waals surface area contributed by atoms with Gasteiger partial charge in [-0.2, -0.15) is 4.40 Å². The van der Waals surface area contributed by atoms with Crippen molar-refractivity contribution in [2.45, 2.75) is 58.8 Å². The fourth-order valence-corrected chi connectivity index (χ4v) is 6.23. The van der Waals surface area contributed by atoms with Crippen LogP contribution >= 0.6 is 11.3 Å². The van der Waals surface area contributed by atoms with Crippen LogP contribution in [0.2, 0.25) is 0 Å². The van der Waals surface area contributed by atoms with Gasteiger partial charge in [0.25, 0.3) is 0 Å². The zero-order chi connectivity index (χ0) is 36.2. The number of carbonyl (C=O) groups is 3. The summed E-state index contributed by atoms with van der Waals surface area (Å²) in [7, 11) is 0. The zero-order valence-electron chi connectivity index (χ0n) is 27.3. The SMILES string of the molecule is Cc1c[n+]2cc(CN(C(=O)Nc3ccc(C(=O)OC(C)C)cc3)[C@@H](Cc3ccc(O)cc3)C(N)=O)n(Cc3ccc(OC(F)(F)F)cc3)c2s1. The number of urea groups is 1. The topological polar surface area (TPSA) is 140 Å². The number of fused-ring (bicyclic) bond motifs is 1. The smallest absolute Gasteiger partial charge is 0.508 e. The van der Waals surface area contributed by atoms with Gasteiger partial charge in [-0.1, -0.05) is 35.6 Å². The number of aryl methyl sites for hydroxylation is 1. The molecule has 5 rings (SSSR count). The van der Waals surface area contributed by atoms with Gasteiger partial charge in [0, 0.05) is 17.0 Å². The molecule has 262 valence electrons. The first kappa shape index (κ1) is 35.7. The van der Waals surface area contributed by atoms with Crippen LogP contribution in [0.1, 0.15) is 45.9 Å². The number of benzene rings is 3. The zero-order valence-corrected chi connectivity index (χ0v) is 28.1. The number of alkyl halides is 3. The second kappa shape index (κ2) is 14.9. The van der Waals surface area contributed by atoms with Crippen LogP contribution in [0.3, 0.4) is 0 Å². The number of carbonyl (C=O) groups excluding carboxylic acids is 3. The molecular formula is C35H35F3N5O6S+. The van der Waals surface area contributed by atoms with E-state index in [2.05, 4.69) is 10.1 Å². The molecule has 0 aliphatic rings. The van der Waals surface area contributed by atoms with Gasteiger partial charge in [-0.15, -0.1) is 13.2 Å². The summed E-state index contributed by atoms with van der Waals surface area (Å²) < 4.78 is 51.3. The molecule has 3 amide bonds. The number of nitrogens with two attached hydrogens (primary N) is 1. The first-order valence-electron chi connectivity index (χ1n) is 15.5. The molecule has 0 aliphatic carbocycles. The van der Waals surface area contributed by atoms with Crippen molar-refractivity contribution in [1.29, 1.82) is 0 Å². The highest BCUT2D eigenvalue weighted by Gasteiger charge is 2.33. The van der Waals surface area contributed by atoms with Gasteiger partial charge in [-0.3, -0.25) is 4.79 Å². The first-order chi connectivity index (χ1) is 23.6. The van der Waals surface area contributed by atoms with Gasteiger partial charge >= 0.3 is 23.3 Å². The summed E-state index contributed by atoms with van der Waals surface area (Å²) in [4.78, 5) is 42.5. The molecule has 11 nitrogen and oxygen atoms in total. The van der Waals surface area contributed by atoms with E-state index in [1.54, 1.807) is 26.0 Å². The van der Waals surface area contributed by atoms with Gasteiger partial charge in [-0.25, -0.2) is 14.2 Å². The molecule has 0 spiro atoms. The van der Waals surface area contributed by atoms with E-state index in [-0.39, 0.29) is 37.1 Å². The number of phenols is 1. The summed E-state index contributed by atoms with van der Waals surface area (Å²) >= 11 is 1.47. The maximum absolute atomic E-state index is 14.1. The quantitative estimate of drug-likeness (QED) is 0.108. The molecule has 0 fully saturated rings. The lowest BCUT2D eigenvalue weighted by Crippen LogP contribution is -2.50. The number of ether oxygens (including phenoxy) is 2. The third kappa shape index (κ3) is 9.11. The van der Waals surface area contributed by atoms with Crippen molar-refractivity contribution in [3.63, 3.8) is 0 Å². The number of primary amides is 1. The Morgan fingerprint density at radius 3 is 2.22 bits per heavy atom. The van der Waals surface area contributed by atoms with Gasteiger partial charge in [-0.05, 0) is 80.4 Å². The normalized spacial score (nSPS) is 12.1. The lowest BCUT2D eigenvalue weighted by atomic mass is 10.0. The van der Waals surface area contributed by atoms with Crippen LogP contribution in [-0.2, 0) is 29.0 Å². The number of nitrogens with one attached hydrogen (secondary N) is 1. The molecule has 3 aromatic carbocycles. The maximum atomic E-state index is 14.1. The van der Waals surface area contributed by atoms with Crippen LogP contribution in [0.4, 0.5) is 23.7 Å². The van der Waals surface area contributed by atoms with Crippen LogP contribution in [0.15, 0.2) is 85.2 Å². The van der Waals surface area contributed by atoms with Crippen molar-refractivity contribution in [3.8, 4) is 11.5 Å². The third-order valence-corrected chi connectivity index (χ3v) is 8.58. The Bertz CT molecular complexity index is 1970. The molecular weight excluding hydrogens is 675 g/mol. The summed E-state index contributed by atoms with van der Waals surface area (Å²) in [6.45, 7) is 5.52. The molecule has 2 heterocycles. The van der Waals surface area contributed by atoms with Crippen LogP contribution < -0.4 is 20.2 Å². The lowest BCUT2D eigenvalue weighted by molar-refractivity contribution is -0.506. The Morgan fingerprint density at radius 1 is 0.980 bits per heavy atom. The number of rotatable bonds is 12. The van der Waals surface area contributed by atoms with Crippen molar-refractivity contribution >= 4 is 39.9 Å². The molecule has 0 saturated heterocycles. The van der Waals surface area contributed by atoms with Gasteiger partial charge in [0.1, 0.15) is 36.5 Å². The Balaban J connectivity index is 1.49. The Hall–Kier alpha value is -5.57. The summed E-state index contributed by atoms with van der Waals surface area (Å²) in [6, 6.07) is 16.0. The highest BCUT2D eigenvalue weighted by Crippen LogP contribution is 2.25. The van der Waals surface area contributed by atoms with Crippen molar-refractivity contribution in [1.82, 2.24) is 9.47 Å². The summed E-state index contributed by atoms with van der Waals surface area (Å²) in [6.07, 6.45) is -1.39. The number of hydrogen-bond acceptors (Lipinski definition) is 7. The standard InChI is InChI=1S/C35H34F3N5O6S/c1-21(2)48-32(46)25-8-10-26(11-9-25)40-33(47)43(30(31(39)45)16-23-4-12-28(44)13-5-23)20-27-19-41-17-22(3)50-34(41)42(27)18-24-6-14-29(15-7-24)49-35(36,37)38/h4-15,17,19,21,30H,16,18,20H2,1-3H3,(H3-,39,40,44,45,46,47)/p+1/t30-/m0/s1. The Morgan fingerprint density at radius 2 is 1.62 bits per heavy atom. The number of amides is 3. The highest BCUT2D eigenvalue weighted by atomic mass is 32.1. The number of aromatic nitrogens is 2. The predicted octanol–water partition coefficient (Wildman–Crippen LogP) is 5.95. The number of thiazole rings is 1. The van der Waals surface area contributed by atoms with E-state index in [0.717, 1.165) is 9.84 Å². The number of esters is 1. The van der Waals surface area contributed by atoms with Crippen molar-refractivity contribution in [3.05, 3.63) is 112 Å². The fourth-order valence-electron chi connectivity index (χ4n) is 5.27.